The zero-order valence-electron chi connectivity index (χ0n) is 11.3. The molecule has 0 saturated heterocycles. The Kier molecular flexibility index (Phi) is 3.82. The third kappa shape index (κ3) is 2.68. The number of aromatic nitrogens is 4. The molecule has 2 aromatic rings. The van der Waals surface area contributed by atoms with Crippen molar-refractivity contribution in [3.05, 3.63) is 28.9 Å². The van der Waals surface area contributed by atoms with Crippen LogP contribution in [0.3, 0.4) is 0 Å². The van der Waals surface area contributed by atoms with Gasteiger partial charge in [0.15, 0.2) is 10.8 Å². The molecule has 11 heteroatoms. The molecule has 3 rings (SSSR count). The summed E-state index contributed by atoms with van der Waals surface area (Å²) in [7, 11) is 0. The Labute approximate surface area is 138 Å². The molecule has 2 N–H and O–H groups in total. The first-order valence-electron chi connectivity index (χ1n) is 6.37. The monoisotopic (exact) mass is 357 g/mol. The maximum absolute atomic E-state index is 11.1. The number of amides is 2. The number of fused-ring (bicyclic) bond motifs is 1. The van der Waals surface area contributed by atoms with E-state index in [1.807, 2.05) is 0 Å². The number of halogens is 2. The van der Waals surface area contributed by atoms with E-state index in [9.17, 15) is 9.59 Å². The third-order valence-electron chi connectivity index (χ3n) is 3.49. The lowest BCUT2D eigenvalue weighted by atomic mass is 10.2. The Bertz CT molecular complexity index is 822. The summed E-state index contributed by atoms with van der Waals surface area (Å²) in [5.41, 5.74) is 0.753. The highest BCUT2D eigenvalue weighted by Crippen LogP contribution is 2.31. The number of imide groups is 1. The van der Waals surface area contributed by atoms with Crippen molar-refractivity contribution in [2.24, 2.45) is 0 Å². The maximum Gasteiger partial charge on any atom is 0.417 e. The standard InChI is InChI=1S/C12H9Cl2N5O4/c13-8-7-9(17-10(14)16-8)18(4-15-7)5-1-2-6(3-5)19(11(20)21)12(22)23/h1-2,4-6H,3H2,(H,20,21)(H,22,23)/t5-,6+/m0/s1. The van der Waals surface area contributed by atoms with Crippen LogP contribution in [0.25, 0.3) is 11.2 Å². The molecule has 2 atom stereocenters. The zero-order valence-corrected chi connectivity index (χ0v) is 12.8. The molecule has 2 amide bonds. The van der Waals surface area contributed by atoms with E-state index < -0.39 is 18.2 Å². The van der Waals surface area contributed by atoms with E-state index in [1.54, 1.807) is 10.6 Å². The van der Waals surface area contributed by atoms with E-state index >= 15 is 0 Å². The molecule has 0 radical (unpaired) electrons. The molecule has 1 aliphatic carbocycles. The van der Waals surface area contributed by atoms with Gasteiger partial charge < -0.3 is 14.8 Å². The number of imidazole rings is 1. The van der Waals surface area contributed by atoms with Crippen LogP contribution in [0.4, 0.5) is 9.59 Å². The predicted molar refractivity (Wildman–Crippen MR) is 79.8 cm³/mol. The van der Waals surface area contributed by atoms with Gasteiger partial charge in [-0.25, -0.2) is 24.5 Å². The van der Waals surface area contributed by atoms with Crippen molar-refractivity contribution in [3.8, 4) is 0 Å². The maximum atomic E-state index is 11.1. The summed E-state index contributed by atoms with van der Waals surface area (Å²) < 4.78 is 1.65. The SMILES string of the molecule is O=C(O)N(C(=O)O)[C@@H]1C=C[C@H](n2cnc3c(Cl)nc(Cl)nc32)C1. The topological polar surface area (TPSA) is 121 Å². The average molecular weight is 358 g/mol. The minimum absolute atomic E-state index is 0.0412. The van der Waals surface area contributed by atoms with Gasteiger partial charge in [-0.05, 0) is 18.0 Å². The number of nitrogens with zero attached hydrogens (tertiary/aromatic N) is 5. The second-order valence-electron chi connectivity index (χ2n) is 4.80. The molecular formula is C12H9Cl2N5O4. The number of carbonyl (C=O) groups is 2. The highest BCUT2D eigenvalue weighted by molar-refractivity contribution is 6.35. The number of hydrogen-bond donors (Lipinski definition) is 2. The first-order chi connectivity index (χ1) is 10.9. The zero-order chi connectivity index (χ0) is 16.7. The van der Waals surface area contributed by atoms with Gasteiger partial charge in [0.05, 0.1) is 18.4 Å². The van der Waals surface area contributed by atoms with Crippen LogP contribution in [0.2, 0.25) is 10.4 Å². The van der Waals surface area contributed by atoms with Crippen molar-refractivity contribution in [1.82, 2.24) is 24.4 Å². The van der Waals surface area contributed by atoms with Gasteiger partial charge in [-0.1, -0.05) is 23.8 Å². The summed E-state index contributed by atoms with van der Waals surface area (Å²) in [4.78, 5) is 34.4. The van der Waals surface area contributed by atoms with E-state index in [0.717, 1.165) is 0 Å². The fourth-order valence-electron chi connectivity index (χ4n) is 2.52. The summed E-state index contributed by atoms with van der Waals surface area (Å²) in [5.74, 6) is 0. The van der Waals surface area contributed by atoms with Crippen LogP contribution in [-0.4, -0.2) is 52.9 Å². The minimum Gasteiger partial charge on any atom is -0.465 e. The molecule has 0 fully saturated rings. The summed E-state index contributed by atoms with van der Waals surface area (Å²) in [6, 6.07) is -1.12. The number of allylic oxidation sites excluding steroid dienone is 1. The normalized spacial score (nSPS) is 20.1. The Hall–Kier alpha value is -2.39. The Morgan fingerprint density at radius 1 is 1.22 bits per heavy atom. The van der Waals surface area contributed by atoms with Crippen LogP contribution >= 0.6 is 23.2 Å². The molecule has 1 aliphatic rings. The molecule has 0 aliphatic heterocycles. The molecule has 9 nitrogen and oxygen atoms in total. The lowest BCUT2D eigenvalue weighted by molar-refractivity contribution is 0.112. The fourth-order valence-corrected chi connectivity index (χ4v) is 2.95. The molecule has 0 spiro atoms. The molecule has 0 saturated carbocycles. The molecule has 120 valence electrons. The number of rotatable bonds is 2. The third-order valence-corrected chi connectivity index (χ3v) is 3.92. The second-order valence-corrected chi connectivity index (χ2v) is 5.49. The van der Waals surface area contributed by atoms with Gasteiger partial charge >= 0.3 is 12.2 Å². The summed E-state index contributed by atoms with van der Waals surface area (Å²) in [5, 5.41) is 18.1. The first kappa shape index (κ1) is 15.5. The van der Waals surface area contributed by atoms with Crippen LogP contribution in [-0.2, 0) is 0 Å². The smallest absolute Gasteiger partial charge is 0.417 e. The summed E-state index contributed by atoms with van der Waals surface area (Å²) in [6.45, 7) is 0. The Morgan fingerprint density at radius 2 is 1.91 bits per heavy atom. The van der Waals surface area contributed by atoms with Crippen molar-refractivity contribution in [2.45, 2.75) is 18.5 Å². The fraction of sp³-hybridized carbons (Fsp3) is 0.250. The summed E-state index contributed by atoms with van der Waals surface area (Å²) >= 11 is 11.7. The van der Waals surface area contributed by atoms with Crippen molar-refractivity contribution >= 4 is 46.6 Å². The van der Waals surface area contributed by atoms with Crippen LogP contribution in [0.1, 0.15) is 12.5 Å². The van der Waals surface area contributed by atoms with Gasteiger partial charge in [0.25, 0.3) is 0 Å². The predicted octanol–water partition coefficient (Wildman–Crippen LogP) is 2.66. The van der Waals surface area contributed by atoms with E-state index in [0.29, 0.717) is 16.1 Å². The highest BCUT2D eigenvalue weighted by atomic mass is 35.5. The average Bonchev–Trinajstić information content (AvgIpc) is 3.04. The summed E-state index contributed by atoms with van der Waals surface area (Å²) in [6.07, 6.45) is 1.85. The van der Waals surface area contributed by atoms with Gasteiger partial charge in [0.2, 0.25) is 5.28 Å². The van der Waals surface area contributed by atoms with Crippen LogP contribution in [0.5, 0.6) is 0 Å². The van der Waals surface area contributed by atoms with E-state index in [2.05, 4.69) is 15.0 Å². The number of carboxylic acid groups (broad SMARTS) is 2. The van der Waals surface area contributed by atoms with Crippen molar-refractivity contribution in [1.29, 1.82) is 0 Å². The minimum atomic E-state index is -1.53. The van der Waals surface area contributed by atoms with Crippen molar-refractivity contribution in [2.75, 3.05) is 0 Å². The molecule has 2 heterocycles. The van der Waals surface area contributed by atoms with Gasteiger partial charge in [0.1, 0.15) is 5.52 Å². The molecule has 2 aromatic heterocycles. The van der Waals surface area contributed by atoms with Gasteiger partial charge in [0, 0.05) is 0 Å². The van der Waals surface area contributed by atoms with Crippen LogP contribution in [0, 0.1) is 0 Å². The van der Waals surface area contributed by atoms with Gasteiger partial charge in [-0.15, -0.1) is 0 Å². The Balaban J connectivity index is 1.92. The lowest BCUT2D eigenvalue weighted by Crippen LogP contribution is -2.41. The van der Waals surface area contributed by atoms with E-state index in [-0.39, 0.29) is 22.9 Å². The van der Waals surface area contributed by atoms with Crippen LogP contribution < -0.4 is 0 Å². The van der Waals surface area contributed by atoms with Crippen molar-refractivity contribution < 1.29 is 19.8 Å². The van der Waals surface area contributed by atoms with Crippen LogP contribution in [0.15, 0.2) is 18.5 Å². The molecule has 0 aromatic carbocycles. The molecular weight excluding hydrogens is 349 g/mol. The molecule has 0 unspecified atom stereocenters. The van der Waals surface area contributed by atoms with E-state index in [4.69, 9.17) is 33.4 Å². The van der Waals surface area contributed by atoms with Gasteiger partial charge in [-0.2, -0.15) is 4.98 Å². The highest BCUT2D eigenvalue weighted by Gasteiger charge is 2.33. The molecule has 23 heavy (non-hydrogen) atoms. The molecule has 0 bridgehead atoms. The largest absolute Gasteiger partial charge is 0.465 e. The second kappa shape index (κ2) is 5.67. The van der Waals surface area contributed by atoms with Gasteiger partial charge in [-0.3, -0.25) is 0 Å². The van der Waals surface area contributed by atoms with Crippen molar-refractivity contribution in [3.63, 3.8) is 0 Å². The quantitative estimate of drug-likeness (QED) is 0.481. The lowest BCUT2D eigenvalue weighted by Gasteiger charge is -2.21. The first-order valence-corrected chi connectivity index (χ1v) is 7.13. The van der Waals surface area contributed by atoms with E-state index in [1.165, 1.54) is 12.4 Å². The Morgan fingerprint density at radius 3 is 2.57 bits per heavy atom. The number of hydrogen-bond acceptors (Lipinski definition) is 5.